The fourth-order valence-corrected chi connectivity index (χ4v) is 2.47. The maximum absolute atomic E-state index is 11.9. The Morgan fingerprint density at radius 3 is 2.53 bits per heavy atom. The second-order valence-electron chi connectivity index (χ2n) is 3.87. The number of ketones is 1. The molecule has 0 bridgehead atoms. The summed E-state index contributed by atoms with van der Waals surface area (Å²) < 4.78 is 31.1. The first-order valence-corrected chi connectivity index (χ1v) is 7.29. The van der Waals surface area contributed by atoms with Gasteiger partial charge in [0.25, 0.3) is 0 Å². The first-order valence-electron chi connectivity index (χ1n) is 5.80. The fourth-order valence-electron chi connectivity index (χ4n) is 1.40. The molecule has 0 aliphatic carbocycles. The fraction of sp³-hybridized carbons (Fsp3) is 0.308. The minimum Gasteiger partial charge on any atom is -0.502 e. The third-order valence-corrected chi connectivity index (χ3v) is 3.90. The van der Waals surface area contributed by atoms with Crippen molar-refractivity contribution < 1.29 is 17.9 Å². The summed E-state index contributed by atoms with van der Waals surface area (Å²) in [7, 11) is -3.53. The molecule has 1 N–H and O–H groups in total. The molecule has 0 saturated carbocycles. The molecule has 6 heteroatoms. The molecule has 0 amide bonds. The Bertz CT molecular complexity index is 534. The number of hydrogen-bond donors (Lipinski definition) is 1. The van der Waals surface area contributed by atoms with E-state index in [1.54, 1.807) is 0 Å². The Labute approximate surface area is 113 Å². The maximum atomic E-state index is 11.9. The van der Waals surface area contributed by atoms with Crippen molar-refractivity contribution in [2.24, 2.45) is 0 Å². The van der Waals surface area contributed by atoms with Gasteiger partial charge in [-0.1, -0.05) is 18.7 Å². The van der Waals surface area contributed by atoms with E-state index in [4.69, 9.17) is 4.74 Å². The van der Waals surface area contributed by atoms with E-state index in [0.29, 0.717) is 18.6 Å². The summed E-state index contributed by atoms with van der Waals surface area (Å²) in [5, 5.41) is 0. The van der Waals surface area contributed by atoms with Crippen molar-refractivity contribution in [1.82, 2.24) is 4.72 Å². The van der Waals surface area contributed by atoms with Gasteiger partial charge in [-0.25, -0.2) is 13.1 Å². The van der Waals surface area contributed by atoms with Crippen LogP contribution in [0.25, 0.3) is 0 Å². The van der Waals surface area contributed by atoms with Crippen molar-refractivity contribution >= 4 is 15.8 Å². The lowest BCUT2D eigenvalue weighted by Gasteiger charge is -2.07. The molecule has 0 spiro atoms. The topological polar surface area (TPSA) is 72.5 Å². The number of carbonyl (C=O) groups excluding carboxylic acids is 1. The molecule has 1 aromatic carbocycles. The summed E-state index contributed by atoms with van der Waals surface area (Å²) in [5.74, 6) is -0.0986. The Balaban J connectivity index is 2.61. The van der Waals surface area contributed by atoms with E-state index in [9.17, 15) is 13.2 Å². The number of benzene rings is 1. The van der Waals surface area contributed by atoms with Gasteiger partial charge < -0.3 is 4.74 Å². The summed E-state index contributed by atoms with van der Waals surface area (Å²) in [5.41, 5.74) is 0.485. The molecule has 0 aliphatic rings. The van der Waals surface area contributed by atoms with Crippen LogP contribution in [0.1, 0.15) is 23.7 Å². The van der Waals surface area contributed by atoms with Crippen LogP contribution in [-0.2, 0) is 14.8 Å². The highest BCUT2D eigenvalue weighted by Crippen LogP contribution is 2.10. The van der Waals surface area contributed by atoms with Gasteiger partial charge in [-0.3, -0.25) is 4.79 Å². The number of rotatable bonds is 8. The van der Waals surface area contributed by atoms with E-state index in [0.717, 1.165) is 0 Å². The predicted octanol–water partition coefficient (Wildman–Crippen LogP) is 1.72. The van der Waals surface area contributed by atoms with Gasteiger partial charge in [0.15, 0.2) is 5.78 Å². The van der Waals surface area contributed by atoms with Gasteiger partial charge in [0.2, 0.25) is 10.0 Å². The Kier molecular flexibility index (Phi) is 5.72. The monoisotopic (exact) mass is 283 g/mol. The molecule has 1 rings (SSSR count). The summed E-state index contributed by atoms with van der Waals surface area (Å²) in [6.45, 7) is 5.51. The number of hydrogen-bond acceptors (Lipinski definition) is 4. The van der Waals surface area contributed by atoms with Gasteiger partial charge in [0.05, 0.1) is 17.8 Å². The van der Waals surface area contributed by atoms with Gasteiger partial charge in [-0.05, 0) is 25.5 Å². The summed E-state index contributed by atoms with van der Waals surface area (Å²) in [4.78, 5) is 11.2. The first-order chi connectivity index (χ1) is 8.97. The van der Waals surface area contributed by atoms with Crippen molar-refractivity contribution in [2.75, 3.05) is 13.2 Å². The van der Waals surface area contributed by atoms with Crippen LogP contribution >= 0.6 is 0 Å². The molecule has 104 valence electrons. The number of nitrogens with one attached hydrogen (secondary N) is 1. The van der Waals surface area contributed by atoms with Gasteiger partial charge in [-0.15, -0.1) is 0 Å². The molecule has 0 aliphatic heterocycles. The first kappa shape index (κ1) is 15.4. The second-order valence-corrected chi connectivity index (χ2v) is 5.64. The lowest BCUT2D eigenvalue weighted by atomic mass is 10.2. The van der Waals surface area contributed by atoms with E-state index in [-0.39, 0.29) is 17.2 Å². The Morgan fingerprint density at radius 1 is 1.37 bits per heavy atom. The zero-order chi connectivity index (χ0) is 14.3. The minimum absolute atomic E-state index is 0.0986. The molecular formula is C13H17NO4S. The van der Waals surface area contributed by atoms with Crippen LogP contribution in [0.15, 0.2) is 42.0 Å². The average molecular weight is 283 g/mol. The zero-order valence-corrected chi connectivity index (χ0v) is 11.6. The van der Waals surface area contributed by atoms with Crippen LogP contribution in [0.4, 0.5) is 0 Å². The summed E-state index contributed by atoms with van der Waals surface area (Å²) >= 11 is 0. The highest BCUT2D eigenvalue weighted by molar-refractivity contribution is 7.89. The molecule has 0 saturated heterocycles. The van der Waals surface area contributed by atoms with E-state index < -0.39 is 10.0 Å². The van der Waals surface area contributed by atoms with Crippen LogP contribution in [-0.4, -0.2) is 27.4 Å². The van der Waals surface area contributed by atoms with Crippen LogP contribution in [0, 0.1) is 0 Å². The number of sulfonamides is 1. The van der Waals surface area contributed by atoms with Crippen molar-refractivity contribution in [3.05, 3.63) is 42.7 Å². The minimum atomic E-state index is -3.53. The van der Waals surface area contributed by atoms with E-state index in [1.807, 2.05) is 0 Å². The third-order valence-electron chi connectivity index (χ3n) is 2.42. The molecule has 0 radical (unpaired) electrons. The SMILES string of the molecule is C=COCCCNS(=O)(=O)c1ccc(C(C)=O)cc1. The van der Waals surface area contributed by atoms with Crippen molar-refractivity contribution in [3.63, 3.8) is 0 Å². The zero-order valence-electron chi connectivity index (χ0n) is 10.8. The normalized spacial score (nSPS) is 11.0. The van der Waals surface area contributed by atoms with Crippen molar-refractivity contribution in [2.45, 2.75) is 18.2 Å². The molecular weight excluding hydrogens is 266 g/mol. The smallest absolute Gasteiger partial charge is 0.240 e. The molecule has 0 unspecified atom stereocenters. The van der Waals surface area contributed by atoms with Crippen LogP contribution in [0.5, 0.6) is 0 Å². The Morgan fingerprint density at radius 2 is 2.00 bits per heavy atom. The second kappa shape index (κ2) is 7.06. The summed E-state index contributed by atoms with van der Waals surface area (Å²) in [6.07, 6.45) is 1.87. The maximum Gasteiger partial charge on any atom is 0.240 e. The molecule has 19 heavy (non-hydrogen) atoms. The van der Waals surface area contributed by atoms with Crippen molar-refractivity contribution in [1.29, 1.82) is 0 Å². The molecule has 0 aromatic heterocycles. The van der Waals surface area contributed by atoms with E-state index >= 15 is 0 Å². The van der Waals surface area contributed by atoms with Crippen molar-refractivity contribution in [3.8, 4) is 0 Å². The van der Waals surface area contributed by atoms with Gasteiger partial charge in [0.1, 0.15) is 0 Å². The summed E-state index contributed by atoms with van der Waals surface area (Å²) in [6, 6.07) is 5.83. The lowest BCUT2D eigenvalue weighted by molar-refractivity contribution is 0.101. The predicted molar refractivity (Wildman–Crippen MR) is 72.4 cm³/mol. The van der Waals surface area contributed by atoms with Gasteiger partial charge in [0, 0.05) is 12.1 Å². The largest absolute Gasteiger partial charge is 0.502 e. The average Bonchev–Trinajstić information content (AvgIpc) is 2.38. The van der Waals surface area contributed by atoms with Crippen LogP contribution < -0.4 is 4.72 Å². The Hall–Kier alpha value is -1.66. The number of carbonyl (C=O) groups is 1. The standard InChI is InChI=1S/C13H17NO4S/c1-3-18-10-4-9-14-19(16,17)13-7-5-12(6-8-13)11(2)15/h3,5-8,14H,1,4,9-10H2,2H3. The molecule has 5 nitrogen and oxygen atoms in total. The highest BCUT2D eigenvalue weighted by Gasteiger charge is 2.13. The number of Topliss-reactive ketones (excluding diaryl/α,β-unsaturated/α-hetero) is 1. The quantitative estimate of drug-likeness (QED) is 0.448. The highest BCUT2D eigenvalue weighted by atomic mass is 32.2. The molecule has 1 aromatic rings. The molecule has 0 fully saturated rings. The lowest BCUT2D eigenvalue weighted by Crippen LogP contribution is -2.25. The molecule has 0 atom stereocenters. The van der Waals surface area contributed by atoms with Gasteiger partial charge in [-0.2, -0.15) is 0 Å². The molecule has 0 heterocycles. The van der Waals surface area contributed by atoms with Crippen LogP contribution in [0.3, 0.4) is 0 Å². The van der Waals surface area contributed by atoms with Crippen LogP contribution in [0.2, 0.25) is 0 Å². The van der Waals surface area contributed by atoms with Gasteiger partial charge >= 0.3 is 0 Å². The number of ether oxygens (including phenoxy) is 1. The van der Waals surface area contributed by atoms with E-state index in [1.165, 1.54) is 37.5 Å². The van der Waals surface area contributed by atoms with E-state index in [2.05, 4.69) is 11.3 Å². The third kappa shape index (κ3) is 4.84.